The molecule has 0 unspecified atom stereocenters. The lowest BCUT2D eigenvalue weighted by Crippen LogP contribution is -2.31. The second-order valence-electron chi connectivity index (χ2n) is 5.03. The normalized spacial score (nSPS) is 15.3. The van der Waals surface area contributed by atoms with Gasteiger partial charge in [-0.2, -0.15) is 0 Å². The van der Waals surface area contributed by atoms with Gasteiger partial charge in [-0.3, -0.25) is 9.59 Å². The first kappa shape index (κ1) is 14.3. The third kappa shape index (κ3) is 2.91. The van der Waals surface area contributed by atoms with Gasteiger partial charge in [0.2, 0.25) is 11.8 Å². The van der Waals surface area contributed by atoms with Crippen molar-refractivity contribution in [1.29, 1.82) is 0 Å². The highest BCUT2D eigenvalue weighted by molar-refractivity contribution is 5.99. The molecule has 0 aromatic heterocycles. The van der Waals surface area contributed by atoms with Crippen LogP contribution in [-0.4, -0.2) is 25.5 Å². The molecule has 108 valence electrons. The Labute approximate surface area is 117 Å². The molecule has 0 atom stereocenters. The largest absolute Gasteiger partial charge is 0.495 e. The minimum Gasteiger partial charge on any atom is -0.495 e. The number of anilines is 2. The van der Waals surface area contributed by atoms with Gasteiger partial charge in [0, 0.05) is 19.2 Å². The second kappa shape index (κ2) is 5.50. The predicted molar refractivity (Wildman–Crippen MR) is 76.6 cm³/mol. The van der Waals surface area contributed by atoms with Crippen LogP contribution < -0.4 is 21.1 Å². The summed E-state index contributed by atoms with van der Waals surface area (Å²) in [5.74, 6) is 0.270. The summed E-state index contributed by atoms with van der Waals surface area (Å²) >= 11 is 0. The van der Waals surface area contributed by atoms with Crippen LogP contribution in [-0.2, 0) is 9.59 Å². The number of methoxy groups -OCH3 is 1. The van der Waals surface area contributed by atoms with E-state index in [2.05, 4.69) is 10.6 Å². The highest BCUT2D eigenvalue weighted by atomic mass is 16.5. The molecule has 2 rings (SSSR count). The zero-order valence-electron chi connectivity index (χ0n) is 11.7. The Morgan fingerprint density at radius 2 is 2.05 bits per heavy atom. The molecule has 0 heterocycles. The van der Waals surface area contributed by atoms with Crippen molar-refractivity contribution in [3.05, 3.63) is 18.2 Å². The lowest BCUT2D eigenvalue weighted by Gasteiger charge is -2.16. The Kier molecular flexibility index (Phi) is 3.94. The highest BCUT2D eigenvalue weighted by Gasteiger charge is 2.48. The maximum absolute atomic E-state index is 12.2. The molecule has 1 aromatic carbocycles. The summed E-state index contributed by atoms with van der Waals surface area (Å²) in [5.41, 5.74) is 6.34. The lowest BCUT2D eigenvalue weighted by molar-refractivity contribution is -0.120. The van der Waals surface area contributed by atoms with Gasteiger partial charge in [-0.05, 0) is 31.0 Å². The standard InChI is InChI=1S/C14H19N3O3/c1-9(18)16-10-3-4-12(20-2)11(7-10)17-13(19)14(8-15)5-6-14/h3-4,7H,5-6,8,15H2,1-2H3,(H,16,18)(H,17,19). The monoisotopic (exact) mass is 277 g/mol. The lowest BCUT2D eigenvalue weighted by atomic mass is 10.1. The van der Waals surface area contributed by atoms with Crippen LogP contribution in [0.15, 0.2) is 18.2 Å². The van der Waals surface area contributed by atoms with E-state index < -0.39 is 5.41 Å². The van der Waals surface area contributed by atoms with Gasteiger partial charge in [-0.25, -0.2) is 0 Å². The number of amides is 2. The van der Waals surface area contributed by atoms with Crippen molar-refractivity contribution in [2.75, 3.05) is 24.3 Å². The number of nitrogens with two attached hydrogens (primary N) is 1. The Hall–Kier alpha value is -2.08. The van der Waals surface area contributed by atoms with E-state index in [1.54, 1.807) is 18.2 Å². The number of nitrogens with one attached hydrogen (secondary N) is 2. The molecule has 6 heteroatoms. The average molecular weight is 277 g/mol. The van der Waals surface area contributed by atoms with E-state index in [0.29, 0.717) is 23.7 Å². The molecule has 0 radical (unpaired) electrons. The fraction of sp³-hybridized carbons (Fsp3) is 0.429. The number of benzene rings is 1. The zero-order chi connectivity index (χ0) is 14.8. The molecule has 20 heavy (non-hydrogen) atoms. The number of ether oxygens (including phenoxy) is 1. The molecule has 0 saturated heterocycles. The first-order chi connectivity index (χ1) is 9.50. The highest BCUT2D eigenvalue weighted by Crippen LogP contribution is 2.46. The van der Waals surface area contributed by atoms with Crippen molar-refractivity contribution in [3.8, 4) is 5.75 Å². The van der Waals surface area contributed by atoms with Crippen molar-refractivity contribution in [2.45, 2.75) is 19.8 Å². The molecular weight excluding hydrogens is 258 g/mol. The van der Waals surface area contributed by atoms with Gasteiger partial charge in [0.1, 0.15) is 5.75 Å². The predicted octanol–water partition coefficient (Wildman–Crippen LogP) is 1.33. The van der Waals surface area contributed by atoms with Gasteiger partial charge < -0.3 is 21.1 Å². The van der Waals surface area contributed by atoms with Crippen molar-refractivity contribution < 1.29 is 14.3 Å². The van der Waals surface area contributed by atoms with Crippen molar-refractivity contribution in [3.63, 3.8) is 0 Å². The number of hydrogen-bond acceptors (Lipinski definition) is 4. The van der Waals surface area contributed by atoms with Gasteiger partial charge in [-0.1, -0.05) is 0 Å². The quantitative estimate of drug-likeness (QED) is 0.757. The molecule has 0 bridgehead atoms. The van der Waals surface area contributed by atoms with Gasteiger partial charge in [-0.15, -0.1) is 0 Å². The summed E-state index contributed by atoms with van der Waals surface area (Å²) in [6.07, 6.45) is 1.62. The summed E-state index contributed by atoms with van der Waals surface area (Å²) in [5, 5.41) is 5.50. The van der Waals surface area contributed by atoms with Crippen LogP contribution in [0.4, 0.5) is 11.4 Å². The number of rotatable bonds is 5. The van der Waals surface area contributed by atoms with Crippen LogP contribution in [0.25, 0.3) is 0 Å². The van der Waals surface area contributed by atoms with Gasteiger partial charge >= 0.3 is 0 Å². The Bertz CT molecular complexity index is 538. The molecule has 6 nitrogen and oxygen atoms in total. The minimum atomic E-state index is -0.435. The SMILES string of the molecule is COc1ccc(NC(C)=O)cc1NC(=O)C1(CN)CC1. The summed E-state index contributed by atoms with van der Waals surface area (Å²) in [7, 11) is 1.53. The summed E-state index contributed by atoms with van der Waals surface area (Å²) in [6, 6.07) is 5.08. The fourth-order valence-electron chi connectivity index (χ4n) is 2.02. The summed E-state index contributed by atoms with van der Waals surface area (Å²) in [4.78, 5) is 23.3. The first-order valence-corrected chi connectivity index (χ1v) is 6.48. The molecule has 0 aliphatic heterocycles. The summed E-state index contributed by atoms with van der Waals surface area (Å²) in [6.45, 7) is 1.77. The molecule has 1 aliphatic carbocycles. The van der Waals surface area contributed by atoms with Crippen molar-refractivity contribution in [1.82, 2.24) is 0 Å². The van der Waals surface area contributed by atoms with E-state index in [4.69, 9.17) is 10.5 Å². The second-order valence-corrected chi connectivity index (χ2v) is 5.03. The smallest absolute Gasteiger partial charge is 0.231 e. The topological polar surface area (TPSA) is 93.5 Å². The Morgan fingerprint density at radius 3 is 2.55 bits per heavy atom. The van der Waals surface area contributed by atoms with E-state index >= 15 is 0 Å². The van der Waals surface area contributed by atoms with Crippen molar-refractivity contribution in [2.24, 2.45) is 11.1 Å². The Morgan fingerprint density at radius 1 is 1.35 bits per heavy atom. The maximum Gasteiger partial charge on any atom is 0.231 e. The van der Waals surface area contributed by atoms with Crippen LogP contribution >= 0.6 is 0 Å². The molecule has 1 aromatic rings. The third-order valence-corrected chi connectivity index (χ3v) is 3.49. The number of carbonyl (C=O) groups excluding carboxylic acids is 2. The fourth-order valence-corrected chi connectivity index (χ4v) is 2.02. The number of hydrogen-bond donors (Lipinski definition) is 3. The van der Waals surface area contributed by atoms with Crippen LogP contribution in [0.1, 0.15) is 19.8 Å². The van der Waals surface area contributed by atoms with E-state index in [0.717, 1.165) is 12.8 Å². The summed E-state index contributed by atoms with van der Waals surface area (Å²) < 4.78 is 5.21. The van der Waals surface area contributed by atoms with E-state index in [9.17, 15) is 9.59 Å². The van der Waals surface area contributed by atoms with Gasteiger partial charge in [0.05, 0.1) is 18.2 Å². The van der Waals surface area contributed by atoms with E-state index in [-0.39, 0.29) is 11.8 Å². The van der Waals surface area contributed by atoms with E-state index in [1.165, 1.54) is 14.0 Å². The molecular formula is C14H19N3O3. The third-order valence-electron chi connectivity index (χ3n) is 3.49. The number of carbonyl (C=O) groups is 2. The van der Waals surface area contributed by atoms with Crippen LogP contribution in [0.2, 0.25) is 0 Å². The van der Waals surface area contributed by atoms with Gasteiger partial charge in [0.25, 0.3) is 0 Å². The van der Waals surface area contributed by atoms with Crippen molar-refractivity contribution >= 4 is 23.2 Å². The molecule has 1 saturated carbocycles. The zero-order valence-corrected chi connectivity index (χ0v) is 11.7. The molecule has 0 spiro atoms. The first-order valence-electron chi connectivity index (χ1n) is 6.48. The molecule has 4 N–H and O–H groups in total. The Balaban J connectivity index is 2.20. The van der Waals surface area contributed by atoms with E-state index in [1.807, 2.05) is 0 Å². The van der Waals surface area contributed by atoms with Crippen LogP contribution in [0.5, 0.6) is 5.75 Å². The van der Waals surface area contributed by atoms with Crippen LogP contribution in [0.3, 0.4) is 0 Å². The molecule has 1 aliphatic rings. The molecule has 2 amide bonds. The average Bonchev–Trinajstić information content (AvgIpc) is 3.19. The van der Waals surface area contributed by atoms with Crippen LogP contribution in [0, 0.1) is 5.41 Å². The minimum absolute atomic E-state index is 0.0988. The maximum atomic E-state index is 12.2. The molecule has 1 fully saturated rings. The van der Waals surface area contributed by atoms with Gasteiger partial charge in [0.15, 0.2) is 0 Å².